The van der Waals surface area contributed by atoms with E-state index >= 15 is 0 Å². The highest BCUT2D eigenvalue weighted by Gasteiger charge is 2.57. The highest BCUT2D eigenvalue weighted by molar-refractivity contribution is 8.00. The molecule has 0 spiro atoms. The maximum Gasteiger partial charge on any atom is 0.313 e. The van der Waals surface area contributed by atoms with Crippen molar-refractivity contribution in [3.63, 3.8) is 0 Å². The fraction of sp³-hybridized carbons (Fsp3) is 0.444. The van der Waals surface area contributed by atoms with E-state index in [0.717, 1.165) is 0 Å². The lowest BCUT2D eigenvalue weighted by atomic mass is 9.89. The predicted octanol–water partition coefficient (Wildman–Crippen LogP) is -1.02. The number of nitrogens with one attached hydrogen (secondary N) is 2. The summed E-state index contributed by atoms with van der Waals surface area (Å²) in [5.74, 6) is -0.892. The fourth-order valence-electron chi connectivity index (χ4n) is 3.56. The van der Waals surface area contributed by atoms with E-state index in [1.807, 2.05) is 0 Å². The van der Waals surface area contributed by atoms with Crippen molar-refractivity contribution in [2.75, 3.05) is 23.4 Å². The molecule has 0 aliphatic carbocycles. The van der Waals surface area contributed by atoms with E-state index in [2.05, 4.69) is 31.1 Å². The Morgan fingerprint density at radius 3 is 2.94 bits per heavy atom. The van der Waals surface area contributed by atoms with Crippen LogP contribution < -0.4 is 10.6 Å². The number of β-lactam (4-membered cyclic amide) rings is 1. The largest absolute Gasteiger partial charge is 0.481 e. The van der Waals surface area contributed by atoms with Crippen LogP contribution in [-0.4, -0.2) is 88.9 Å². The summed E-state index contributed by atoms with van der Waals surface area (Å²) in [5.41, 5.74) is -0.710. The third kappa shape index (κ3) is 4.64. The van der Waals surface area contributed by atoms with Crippen LogP contribution in [0, 0.1) is 5.41 Å². The summed E-state index contributed by atoms with van der Waals surface area (Å²) >= 11 is 2.56. The van der Waals surface area contributed by atoms with Crippen LogP contribution in [0.5, 0.6) is 0 Å². The molecule has 0 aromatic carbocycles. The van der Waals surface area contributed by atoms with E-state index in [-0.39, 0.29) is 41.7 Å². The van der Waals surface area contributed by atoms with Gasteiger partial charge in [0.05, 0.1) is 12.1 Å². The average Bonchev–Trinajstić information content (AvgIpc) is 3.21. The Labute approximate surface area is 196 Å². The van der Waals surface area contributed by atoms with Gasteiger partial charge in [0.2, 0.25) is 23.4 Å². The molecule has 4 heterocycles. The van der Waals surface area contributed by atoms with E-state index in [0.29, 0.717) is 23.1 Å². The molecule has 4 rings (SSSR count). The van der Waals surface area contributed by atoms with Crippen LogP contribution >= 0.6 is 23.5 Å². The predicted molar refractivity (Wildman–Crippen MR) is 117 cm³/mol. The van der Waals surface area contributed by atoms with Crippen LogP contribution in [0.2, 0.25) is 0 Å². The van der Waals surface area contributed by atoms with Crippen molar-refractivity contribution in [1.29, 1.82) is 0 Å². The SMILES string of the molecule is Cn1nnnc1SCC1(C(=O)O)CS[C@@H]2C(NC(=O)Cc3cccc(NC=O)n3)C(=O)N2C1. The number of fused-ring (bicyclic) bond motifs is 1. The van der Waals surface area contributed by atoms with Crippen molar-refractivity contribution >= 4 is 53.5 Å². The third-order valence-electron chi connectivity index (χ3n) is 5.33. The highest BCUT2D eigenvalue weighted by atomic mass is 32.2. The Bertz CT molecular complexity index is 1100. The second-order valence-electron chi connectivity index (χ2n) is 7.63. The first-order chi connectivity index (χ1) is 15.8. The average molecular weight is 493 g/mol. The Hall–Kier alpha value is -3.20. The molecule has 2 aromatic heterocycles. The third-order valence-corrected chi connectivity index (χ3v) is 8.22. The fourth-order valence-corrected chi connectivity index (χ4v) is 6.27. The van der Waals surface area contributed by atoms with Gasteiger partial charge in [-0.3, -0.25) is 19.2 Å². The van der Waals surface area contributed by atoms with E-state index in [1.165, 1.54) is 33.1 Å². The zero-order chi connectivity index (χ0) is 23.6. The maximum atomic E-state index is 12.7. The van der Waals surface area contributed by atoms with Gasteiger partial charge in [-0.15, -0.1) is 16.9 Å². The van der Waals surface area contributed by atoms with Crippen molar-refractivity contribution < 1.29 is 24.3 Å². The molecular formula is C18H20N8O5S2. The minimum absolute atomic E-state index is 0.0461. The number of carbonyl (C=O) groups excluding carboxylic acids is 3. The summed E-state index contributed by atoms with van der Waals surface area (Å²) in [7, 11) is 1.66. The van der Waals surface area contributed by atoms with Crippen LogP contribution in [0.4, 0.5) is 5.82 Å². The summed E-state index contributed by atoms with van der Waals surface area (Å²) in [5, 5.41) is 26.3. The van der Waals surface area contributed by atoms with Crippen molar-refractivity contribution in [2.45, 2.75) is 23.0 Å². The van der Waals surface area contributed by atoms with Gasteiger partial charge in [0.15, 0.2) is 0 Å². The summed E-state index contributed by atoms with van der Waals surface area (Å²) in [6.07, 6.45) is 0.435. The van der Waals surface area contributed by atoms with Gasteiger partial charge in [0.25, 0.3) is 0 Å². The number of aromatic nitrogens is 5. The number of aliphatic carboxylic acids is 1. The van der Waals surface area contributed by atoms with Crippen LogP contribution in [0.15, 0.2) is 23.4 Å². The molecular weight excluding hydrogens is 472 g/mol. The molecule has 0 saturated carbocycles. The molecule has 2 aromatic rings. The number of aryl methyl sites for hydroxylation is 1. The quantitative estimate of drug-likeness (QED) is 0.222. The van der Waals surface area contributed by atoms with Gasteiger partial charge < -0.3 is 20.6 Å². The van der Waals surface area contributed by atoms with Gasteiger partial charge in [-0.2, -0.15) is 0 Å². The lowest BCUT2D eigenvalue weighted by Crippen LogP contribution is -2.74. The summed E-state index contributed by atoms with van der Waals surface area (Å²) in [6, 6.07) is 4.18. The molecule has 0 radical (unpaired) electrons. The Morgan fingerprint density at radius 1 is 1.42 bits per heavy atom. The maximum absolute atomic E-state index is 12.7. The van der Waals surface area contributed by atoms with Crippen molar-refractivity contribution in [2.24, 2.45) is 12.5 Å². The van der Waals surface area contributed by atoms with Crippen LogP contribution in [0.3, 0.4) is 0 Å². The topological polar surface area (TPSA) is 172 Å². The molecule has 0 bridgehead atoms. The van der Waals surface area contributed by atoms with Crippen molar-refractivity contribution in [3.05, 3.63) is 23.9 Å². The molecule has 2 saturated heterocycles. The number of tetrazole rings is 1. The molecule has 2 aliphatic rings. The number of carboxylic acid groups (broad SMARTS) is 1. The van der Waals surface area contributed by atoms with Crippen LogP contribution in [0.25, 0.3) is 0 Å². The summed E-state index contributed by atoms with van der Waals surface area (Å²) < 4.78 is 1.46. The first kappa shape index (κ1) is 23.0. The number of hydrogen-bond donors (Lipinski definition) is 3. The summed E-state index contributed by atoms with van der Waals surface area (Å²) in [4.78, 5) is 53.5. The number of anilines is 1. The number of carboxylic acids is 1. The van der Waals surface area contributed by atoms with Gasteiger partial charge in [-0.05, 0) is 22.6 Å². The molecule has 3 N–H and O–H groups in total. The molecule has 2 unspecified atom stereocenters. The first-order valence-electron chi connectivity index (χ1n) is 9.79. The second kappa shape index (κ2) is 9.35. The molecule has 3 amide bonds. The number of thioether (sulfide) groups is 2. The minimum atomic E-state index is -1.15. The molecule has 13 nitrogen and oxygen atoms in total. The number of carbonyl (C=O) groups is 4. The first-order valence-corrected chi connectivity index (χ1v) is 11.8. The van der Waals surface area contributed by atoms with E-state index in [9.17, 15) is 24.3 Å². The van der Waals surface area contributed by atoms with E-state index < -0.39 is 17.4 Å². The number of pyridine rings is 1. The number of hydrogen-bond acceptors (Lipinski definition) is 10. The highest BCUT2D eigenvalue weighted by Crippen LogP contribution is 2.44. The van der Waals surface area contributed by atoms with Crippen LogP contribution in [-0.2, 0) is 32.6 Å². The van der Waals surface area contributed by atoms with Crippen molar-refractivity contribution in [3.8, 4) is 0 Å². The normalized spacial score (nSPS) is 23.9. The van der Waals surface area contributed by atoms with Crippen LogP contribution in [0.1, 0.15) is 5.69 Å². The van der Waals surface area contributed by atoms with Gasteiger partial charge in [-0.25, -0.2) is 9.67 Å². The van der Waals surface area contributed by atoms with Gasteiger partial charge >= 0.3 is 5.97 Å². The monoisotopic (exact) mass is 492 g/mol. The zero-order valence-electron chi connectivity index (χ0n) is 17.4. The molecule has 33 heavy (non-hydrogen) atoms. The lowest BCUT2D eigenvalue weighted by Gasteiger charge is -2.53. The zero-order valence-corrected chi connectivity index (χ0v) is 19.0. The van der Waals surface area contributed by atoms with Crippen molar-refractivity contribution in [1.82, 2.24) is 35.4 Å². The Balaban J connectivity index is 1.36. The smallest absolute Gasteiger partial charge is 0.313 e. The van der Waals surface area contributed by atoms with Gasteiger partial charge in [0, 0.05) is 25.1 Å². The van der Waals surface area contributed by atoms with E-state index in [1.54, 1.807) is 25.2 Å². The number of amides is 3. The number of rotatable bonds is 9. The second-order valence-corrected chi connectivity index (χ2v) is 9.67. The summed E-state index contributed by atoms with van der Waals surface area (Å²) in [6.45, 7) is 0.0461. The molecule has 3 atom stereocenters. The minimum Gasteiger partial charge on any atom is -0.481 e. The standard InChI is InChI=1S/C18H20N8O5S2/c1-25-17(22-23-24-25)33-8-18(16(30)31)6-26-14(29)13(15(26)32-7-18)21-12(28)5-10-3-2-4-11(20-10)19-9-27/h2-4,9,13,15H,5-8H2,1H3,(H,21,28)(H,30,31)(H,19,20,27)/t13?,15-,18?/m1/s1. The van der Waals surface area contributed by atoms with Gasteiger partial charge in [-0.1, -0.05) is 17.8 Å². The lowest BCUT2D eigenvalue weighted by molar-refractivity contribution is -0.157. The molecule has 174 valence electrons. The van der Waals surface area contributed by atoms with Gasteiger partial charge in [0.1, 0.15) is 22.6 Å². The number of nitrogens with zero attached hydrogens (tertiary/aromatic N) is 6. The Morgan fingerprint density at radius 2 is 2.24 bits per heavy atom. The molecule has 15 heteroatoms. The Kier molecular flexibility index (Phi) is 6.51. The van der Waals surface area contributed by atoms with E-state index in [4.69, 9.17) is 0 Å². The molecule has 2 aliphatic heterocycles. The molecule has 2 fully saturated rings.